The molecule has 0 radical (unpaired) electrons. The lowest BCUT2D eigenvalue weighted by molar-refractivity contribution is -0.132. The van der Waals surface area contributed by atoms with Gasteiger partial charge >= 0.3 is 5.97 Å². The number of carboxylic acid groups (broad SMARTS) is 1. The molecule has 90 valence electrons. The average Bonchev–Trinajstić information content (AvgIpc) is 2.35. The highest BCUT2D eigenvalue weighted by molar-refractivity contribution is 5.97. The van der Waals surface area contributed by atoms with Crippen LogP contribution in [0.2, 0.25) is 0 Å². The summed E-state index contributed by atoms with van der Waals surface area (Å²) in [6.45, 7) is 5.57. The zero-order valence-corrected chi connectivity index (χ0v) is 10.1. The lowest BCUT2D eigenvalue weighted by atomic mass is 9.96. The van der Waals surface area contributed by atoms with Gasteiger partial charge in [-0.2, -0.15) is 0 Å². The first-order valence-electron chi connectivity index (χ1n) is 5.25. The maximum atomic E-state index is 11.0. The van der Waals surface area contributed by atoms with Gasteiger partial charge in [0.1, 0.15) is 0 Å². The molecule has 0 amide bonds. The van der Waals surface area contributed by atoms with Crippen LogP contribution in [-0.4, -0.2) is 24.8 Å². The smallest absolute Gasteiger partial charge is 0.331 e. The Hall–Kier alpha value is -1.87. The average molecular weight is 232 g/mol. The monoisotopic (exact) mass is 232 g/mol. The molecule has 17 heavy (non-hydrogen) atoms. The topological polar surface area (TPSA) is 46.5 Å². The van der Waals surface area contributed by atoms with Gasteiger partial charge in [-0.15, -0.1) is 0 Å². The molecule has 1 rings (SSSR count). The van der Waals surface area contributed by atoms with E-state index in [-0.39, 0.29) is 6.61 Å². The number of rotatable bonds is 5. The Kier molecular flexibility index (Phi) is 4.67. The fourth-order valence-electron chi connectivity index (χ4n) is 1.61. The van der Waals surface area contributed by atoms with Crippen LogP contribution in [0.25, 0.3) is 11.6 Å². The quantitative estimate of drug-likeness (QED) is 0.794. The predicted molar refractivity (Wildman–Crippen MR) is 68.6 cm³/mol. The van der Waals surface area contributed by atoms with E-state index in [1.165, 1.54) is 0 Å². The van der Waals surface area contributed by atoms with Crippen molar-refractivity contribution in [1.82, 2.24) is 0 Å². The Morgan fingerprint density at radius 3 is 2.65 bits per heavy atom. The molecule has 0 bridgehead atoms. The number of hydrogen-bond donors (Lipinski definition) is 1. The van der Waals surface area contributed by atoms with Gasteiger partial charge < -0.3 is 9.84 Å². The van der Waals surface area contributed by atoms with Crippen molar-refractivity contribution in [2.45, 2.75) is 6.92 Å². The minimum atomic E-state index is -0.934. The van der Waals surface area contributed by atoms with Gasteiger partial charge in [0.25, 0.3) is 0 Å². The predicted octanol–water partition coefficient (Wildman–Crippen LogP) is 2.83. The molecule has 0 saturated heterocycles. The van der Waals surface area contributed by atoms with E-state index in [4.69, 9.17) is 9.84 Å². The summed E-state index contributed by atoms with van der Waals surface area (Å²) < 4.78 is 5.07. The second-order valence-corrected chi connectivity index (χ2v) is 3.63. The normalized spacial score (nSPS) is 11.9. The summed E-state index contributed by atoms with van der Waals surface area (Å²) in [4.78, 5) is 11.0. The Morgan fingerprint density at radius 2 is 2.12 bits per heavy atom. The van der Waals surface area contributed by atoms with E-state index >= 15 is 0 Å². The van der Waals surface area contributed by atoms with E-state index in [0.29, 0.717) is 11.1 Å². The summed E-state index contributed by atoms with van der Waals surface area (Å²) in [6, 6.07) is 7.53. The van der Waals surface area contributed by atoms with Gasteiger partial charge in [0.15, 0.2) is 0 Å². The van der Waals surface area contributed by atoms with Crippen molar-refractivity contribution in [3.63, 3.8) is 0 Å². The van der Waals surface area contributed by atoms with Gasteiger partial charge in [-0.05, 0) is 23.6 Å². The SMILES string of the molecule is C=Cc1ccccc1/C(COC)=C(\C)C(=O)O. The van der Waals surface area contributed by atoms with E-state index in [1.807, 2.05) is 24.3 Å². The number of hydrogen-bond acceptors (Lipinski definition) is 2. The summed E-state index contributed by atoms with van der Waals surface area (Å²) in [5.74, 6) is -0.934. The van der Waals surface area contributed by atoms with Crippen molar-refractivity contribution in [2.24, 2.45) is 0 Å². The van der Waals surface area contributed by atoms with Crippen LogP contribution in [0.5, 0.6) is 0 Å². The zero-order chi connectivity index (χ0) is 12.8. The third-order valence-corrected chi connectivity index (χ3v) is 2.57. The third kappa shape index (κ3) is 3.04. The van der Waals surface area contributed by atoms with Crippen LogP contribution in [0.15, 0.2) is 36.4 Å². The molecule has 0 saturated carbocycles. The molecule has 0 aliphatic rings. The first kappa shape index (κ1) is 13.2. The molecular weight excluding hydrogens is 216 g/mol. The molecule has 0 unspecified atom stereocenters. The first-order chi connectivity index (χ1) is 8.11. The highest BCUT2D eigenvalue weighted by Gasteiger charge is 2.13. The maximum Gasteiger partial charge on any atom is 0.331 e. The second kappa shape index (κ2) is 6.01. The van der Waals surface area contributed by atoms with Crippen LogP contribution in [0.4, 0.5) is 0 Å². The molecule has 0 aliphatic heterocycles. The molecule has 1 N–H and O–H groups in total. The van der Waals surface area contributed by atoms with Gasteiger partial charge in [0, 0.05) is 12.7 Å². The summed E-state index contributed by atoms with van der Waals surface area (Å²) in [6.07, 6.45) is 1.71. The van der Waals surface area contributed by atoms with E-state index in [0.717, 1.165) is 11.1 Å². The minimum absolute atomic E-state index is 0.267. The second-order valence-electron chi connectivity index (χ2n) is 3.63. The van der Waals surface area contributed by atoms with E-state index in [1.54, 1.807) is 20.1 Å². The van der Waals surface area contributed by atoms with Crippen molar-refractivity contribution in [3.8, 4) is 0 Å². The van der Waals surface area contributed by atoms with Crippen molar-refractivity contribution in [3.05, 3.63) is 47.5 Å². The van der Waals surface area contributed by atoms with E-state index in [2.05, 4.69) is 6.58 Å². The number of benzene rings is 1. The van der Waals surface area contributed by atoms with Gasteiger partial charge in [-0.1, -0.05) is 36.9 Å². The molecule has 0 aromatic heterocycles. The van der Waals surface area contributed by atoms with Crippen LogP contribution in [0.3, 0.4) is 0 Å². The van der Waals surface area contributed by atoms with Gasteiger partial charge in [0.05, 0.1) is 6.61 Å². The van der Waals surface area contributed by atoms with Gasteiger partial charge in [-0.3, -0.25) is 0 Å². The first-order valence-corrected chi connectivity index (χ1v) is 5.25. The fourth-order valence-corrected chi connectivity index (χ4v) is 1.61. The number of aliphatic carboxylic acids is 1. The Morgan fingerprint density at radius 1 is 1.47 bits per heavy atom. The van der Waals surface area contributed by atoms with Crippen LogP contribution in [0, 0.1) is 0 Å². The Bertz CT molecular complexity index is 458. The molecular formula is C14H16O3. The molecule has 0 aliphatic carbocycles. The highest BCUT2D eigenvalue weighted by atomic mass is 16.5. The molecule has 1 aromatic rings. The van der Waals surface area contributed by atoms with E-state index < -0.39 is 5.97 Å². The number of carboxylic acids is 1. The summed E-state index contributed by atoms with van der Waals surface area (Å²) in [5, 5.41) is 9.06. The Balaban J connectivity index is 3.37. The summed E-state index contributed by atoms with van der Waals surface area (Å²) in [5.41, 5.74) is 2.72. The van der Waals surface area contributed by atoms with E-state index in [9.17, 15) is 4.79 Å². The summed E-state index contributed by atoms with van der Waals surface area (Å²) >= 11 is 0. The van der Waals surface area contributed by atoms with Crippen LogP contribution in [-0.2, 0) is 9.53 Å². The number of carbonyl (C=O) groups is 1. The van der Waals surface area contributed by atoms with Crippen molar-refractivity contribution >= 4 is 17.6 Å². The van der Waals surface area contributed by atoms with Crippen LogP contribution in [0.1, 0.15) is 18.1 Å². The minimum Gasteiger partial charge on any atom is -0.478 e. The molecule has 1 aromatic carbocycles. The molecule has 3 heteroatoms. The van der Waals surface area contributed by atoms with Crippen molar-refractivity contribution in [1.29, 1.82) is 0 Å². The van der Waals surface area contributed by atoms with Crippen LogP contribution < -0.4 is 0 Å². The molecule has 3 nitrogen and oxygen atoms in total. The Labute approximate surface area is 101 Å². The van der Waals surface area contributed by atoms with Gasteiger partial charge in [-0.25, -0.2) is 4.79 Å². The lowest BCUT2D eigenvalue weighted by Crippen LogP contribution is -2.06. The maximum absolute atomic E-state index is 11.0. The lowest BCUT2D eigenvalue weighted by Gasteiger charge is -2.12. The van der Waals surface area contributed by atoms with Crippen molar-refractivity contribution in [2.75, 3.05) is 13.7 Å². The molecule has 0 spiro atoms. The molecule has 0 fully saturated rings. The largest absolute Gasteiger partial charge is 0.478 e. The van der Waals surface area contributed by atoms with Gasteiger partial charge in [0.2, 0.25) is 0 Å². The molecule has 0 heterocycles. The summed E-state index contributed by atoms with van der Waals surface area (Å²) in [7, 11) is 1.55. The molecule has 0 atom stereocenters. The standard InChI is InChI=1S/C14H16O3/c1-4-11-7-5-6-8-12(11)13(9-17-3)10(2)14(15)16/h4-8H,1,9H2,2-3H3,(H,15,16)/b13-10+. The fraction of sp³-hybridized carbons (Fsp3) is 0.214. The number of ether oxygens (including phenoxy) is 1. The van der Waals surface area contributed by atoms with Crippen molar-refractivity contribution < 1.29 is 14.6 Å². The highest BCUT2D eigenvalue weighted by Crippen LogP contribution is 2.23. The third-order valence-electron chi connectivity index (χ3n) is 2.57. The zero-order valence-electron chi connectivity index (χ0n) is 10.1. The number of methoxy groups -OCH3 is 1. The van der Waals surface area contributed by atoms with Crippen LogP contribution >= 0.6 is 0 Å².